The summed E-state index contributed by atoms with van der Waals surface area (Å²) in [6.07, 6.45) is 2.39. The minimum atomic E-state index is -0.602. The smallest absolute Gasteiger partial charge is 0.271 e. The van der Waals surface area contributed by atoms with E-state index in [0.717, 1.165) is 49.9 Å². The zero-order valence-electron chi connectivity index (χ0n) is 28.1. The first-order valence-electron chi connectivity index (χ1n) is 17.1. The van der Waals surface area contributed by atoms with Gasteiger partial charge in [-0.15, -0.1) is 0 Å². The van der Waals surface area contributed by atoms with Crippen LogP contribution in [-0.4, -0.2) is 36.6 Å². The van der Waals surface area contributed by atoms with E-state index in [0.29, 0.717) is 18.6 Å². The van der Waals surface area contributed by atoms with Gasteiger partial charge >= 0.3 is 0 Å². The van der Waals surface area contributed by atoms with Gasteiger partial charge in [0.1, 0.15) is 5.69 Å². The minimum absolute atomic E-state index is 0.00952. The molecule has 0 saturated carbocycles. The molecule has 1 fully saturated rings. The number of carbonyl (C=O) groups is 1. The summed E-state index contributed by atoms with van der Waals surface area (Å²) >= 11 is 0. The molecule has 9 nitrogen and oxygen atoms in total. The van der Waals surface area contributed by atoms with Crippen molar-refractivity contribution in [2.75, 3.05) is 0 Å². The SMILES string of the molecule is C[C@@H]1[C@H](Cn2cnc3ccccc32)O[C@H](c2ccc(-c3ccccc3CNC(=O)c3cnc4ccccc4n3)cc2)O[C@@H]1c1ccc(CO)cc1. The minimum Gasteiger partial charge on any atom is -0.392 e. The lowest BCUT2D eigenvalue weighted by Crippen LogP contribution is -2.39. The van der Waals surface area contributed by atoms with Gasteiger partial charge in [-0.1, -0.05) is 104 Å². The first-order valence-corrected chi connectivity index (χ1v) is 17.1. The summed E-state index contributed by atoms with van der Waals surface area (Å²) in [7, 11) is 0. The summed E-state index contributed by atoms with van der Waals surface area (Å²) in [4.78, 5) is 26.5. The molecule has 2 aromatic heterocycles. The van der Waals surface area contributed by atoms with Gasteiger partial charge in [0.05, 0.1) is 60.0 Å². The standard InChI is InChI=1S/C42H37N5O4/c1-27-39(24-47-26-45-36-12-6-7-13-38(36)47)50-42(51-40(27)30-16-14-28(25-48)15-17-30)31-20-18-29(19-21-31)33-9-3-2-8-32(33)22-44-41(49)37-23-43-34-10-4-5-11-35(34)46-37/h2-21,23,26-27,39-40,42,48H,22,24-25H2,1H3,(H,44,49)/t27-,39+,40+,42+/m1/s1. The largest absolute Gasteiger partial charge is 0.392 e. The van der Waals surface area contributed by atoms with E-state index in [2.05, 4.69) is 56.0 Å². The highest BCUT2D eigenvalue weighted by Gasteiger charge is 2.38. The van der Waals surface area contributed by atoms with Gasteiger partial charge in [-0.3, -0.25) is 9.78 Å². The van der Waals surface area contributed by atoms with Gasteiger partial charge in [0.25, 0.3) is 5.91 Å². The summed E-state index contributed by atoms with van der Waals surface area (Å²) in [6.45, 7) is 3.11. The third-order valence-corrected chi connectivity index (χ3v) is 9.66. The Morgan fingerprint density at radius 3 is 2.29 bits per heavy atom. The van der Waals surface area contributed by atoms with Crippen LogP contribution in [0.1, 0.15) is 52.1 Å². The first-order chi connectivity index (χ1) is 25.0. The number of nitrogens with one attached hydrogen (secondary N) is 1. The fraction of sp³-hybridized carbons (Fsp3) is 0.190. The number of aliphatic hydroxyl groups is 1. The number of para-hydroxylation sites is 4. The van der Waals surface area contributed by atoms with E-state index in [1.807, 2.05) is 103 Å². The molecular formula is C42H37N5O4. The van der Waals surface area contributed by atoms with Gasteiger partial charge in [-0.05, 0) is 52.1 Å². The Hall–Kier alpha value is -5.74. The van der Waals surface area contributed by atoms with E-state index in [1.54, 1.807) is 0 Å². The van der Waals surface area contributed by atoms with Crippen molar-refractivity contribution in [1.82, 2.24) is 24.8 Å². The predicted octanol–water partition coefficient (Wildman–Crippen LogP) is 7.56. The molecule has 0 unspecified atom stereocenters. The normalized spacial score (nSPS) is 18.9. The van der Waals surface area contributed by atoms with Crippen LogP contribution >= 0.6 is 0 Å². The topological polar surface area (TPSA) is 111 Å². The van der Waals surface area contributed by atoms with Crippen molar-refractivity contribution in [3.63, 3.8) is 0 Å². The molecule has 0 aliphatic carbocycles. The number of aliphatic hydroxyl groups excluding tert-OH is 1. The molecule has 1 aliphatic heterocycles. The summed E-state index contributed by atoms with van der Waals surface area (Å²) < 4.78 is 15.6. The maximum Gasteiger partial charge on any atom is 0.271 e. The zero-order chi connectivity index (χ0) is 34.7. The van der Waals surface area contributed by atoms with Crippen LogP contribution in [-0.2, 0) is 29.2 Å². The molecule has 1 aliphatic rings. The van der Waals surface area contributed by atoms with Crippen LogP contribution < -0.4 is 5.32 Å². The lowest BCUT2D eigenvalue weighted by atomic mass is 9.90. The quantitative estimate of drug-likeness (QED) is 0.162. The van der Waals surface area contributed by atoms with Gasteiger partial charge in [0.15, 0.2) is 6.29 Å². The zero-order valence-corrected chi connectivity index (χ0v) is 28.1. The molecule has 0 spiro atoms. The molecule has 7 aromatic rings. The van der Waals surface area contributed by atoms with E-state index < -0.39 is 6.29 Å². The van der Waals surface area contributed by atoms with E-state index >= 15 is 0 Å². The van der Waals surface area contributed by atoms with Crippen LogP contribution in [0.25, 0.3) is 33.2 Å². The van der Waals surface area contributed by atoms with Crippen molar-refractivity contribution < 1.29 is 19.4 Å². The predicted molar refractivity (Wildman–Crippen MR) is 195 cm³/mol. The van der Waals surface area contributed by atoms with Crippen molar-refractivity contribution in [1.29, 1.82) is 0 Å². The number of benzene rings is 5. The van der Waals surface area contributed by atoms with Crippen LogP contribution in [0.15, 0.2) is 134 Å². The number of nitrogens with zero attached hydrogens (tertiary/aromatic N) is 4. The molecule has 0 bridgehead atoms. The summed E-state index contributed by atoms with van der Waals surface area (Å²) in [6, 6.07) is 39.8. The molecule has 2 N–H and O–H groups in total. The lowest BCUT2D eigenvalue weighted by molar-refractivity contribution is -0.276. The third-order valence-electron chi connectivity index (χ3n) is 9.66. The van der Waals surface area contributed by atoms with Gasteiger partial charge in [-0.2, -0.15) is 0 Å². The van der Waals surface area contributed by atoms with Crippen molar-refractivity contribution >= 4 is 28.0 Å². The Bertz CT molecular complexity index is 2300. The number of ether oxygens (including phenoxy) is 2. The van der Waals surface area contributed by atoms with Crippen molar-refractivity contribution in [3.05, 3.63) is 162 Å². The maximum absolute atomic E-state index is 13.0. The molecule has 5 aromatic carbocycles. The molecule has 3 heterocycles. The Labute approximate surface area is 295 Å². The summed E-state index contributed by atoms with van der Waals surface area (Å²) in [5.74, 6) is -0.248. The molecule has 1 saturated heterocycles. The Morgan fingerprint density at radius 1 is 0.784 bits per heavy atom. The fourth-order valence-corrected chi connectivity index (χ4v) is 6.79. The van der Waals surface area contributed by atoms with Gasteiger partial charge in [-0.25, -0.2) is 9.97 Å². The molecule has 254 valence electrons. The van der Waals surface area contributed by atoms with Crippen LogP contribution in [0, 0.1) is 5.92 Å². The van der Waals surface area contributed by atoms with Gasteiger partial charge < -0.3 is 24.5 Å². The number of fused-ring (bicyclic) bond motifs is 2. The number of hydrogen-bond donors (Lipinski definition) is 2. The number of rotatable bonds is 9. The molecular weight excluding hydrogens is 638 g/mol. The third kappa shape index (κ3) is 6.74. The highest BCUT2D eigenvalue weighted by molar-refractivity contribution is 5.93. The highest BCUT2D eigenvalue weighted by Crippen LogP contribution is 2.42. The molecule has 4 atom stereocenters. The molecule has 51 heavy (non-hydrogen) atoms. The van der Waals surface area contributed by atoms with Crippen molar-refractivity contribution in [2.45, 2.75) is 45.1 Å². The number of carbonyl (C=O) groups excluding carboxylic acids is 1. The van der Waals surface area contributed by atoms with Gasteiger partial charge in [0.2, 0.25) is 0 Å². The van der Waals surface area contributed by atoms with Gasteiger partial charge in [0, 0.05) is 18.0 Å². The van der Waals surface area contributed by atoms with Crippen LogP contribution in [0.3, 0.4) is 0 Å². The van der Waals surface area contributed by atoms with Crippen LogP contribution in [0.4, 0.5) is 0 Å². The fourth-order valence-electron chi connectivity index (χ4n) is 6.79. The Balaban J connectivity index is 1.03. The lowest BCUT2D eigenvalue weighted by Gasteiger charge is -2.41. The van der Waals surface area contributed by atoms with E-state index in [4.69, 9.17) is 9.47 Å². The molecule has 1 amide bonds. The van der Waals surface area contributed by atoms with E-state index in [-0.39, 0.29) is 36.3 Å². The molecule has 8 rings (SSSR count). The average Bonchev–Trinajstić information content (AvgIpc) is 3.60. The second kappa shape index (κ2) is 14.2. The monoisotopic (exact) mass is 675 g/mol. The highest BCUT2D eigenvalue weighted by atomic mass is 16.7. The second-order valence-electron chi connectivity index (χ2n) is 12.9. The number of hydrogen-bond acceptors (Lipinski definition) is 7. The first kappa shape index (κ1) is 32.5. The Kier molecular flexibility index (Phi) is 9.07. The van der Waals surface area contributed by atoms with Crippen LogP contribution in [0.5, 0.6) is 0 Å². The van der Waals surface area contributed by atoms with Crippen molar-refractivity contribution in [2.24, 2.45) is 5.92 Å². The van der Waals surface area contributed by atoms with Crippen LogP contribution in [0.2, 0.25) is 0 Å². The summed E-state index contributed by atoms with van der Waals surface area (Å²) in [5.41, 5.74) is 9.51. The number of imidazole rings is 1. The maximum atomic E-state index is 13.0. The summed E-state index contributed by atoms with van der Waals surface area (Å²) in [5, 5.41) is 12.6. The number of amides is 1. The van der Waals surface area contributed by atoms with E-state index in [1.165, 1.54) is 6.20 Å². The van der Waals surface area contributed by atoms with Crippen molar-refractivity contribution in [3.8, 4) is 11.1 Å². The molecule has 0 radical (unpaired) electrons. The average molecular weight is 676 g/mol. The molecule has 9 heteroatoms. The second-order valence-corrected chi connectivity index (χ2v) is 12.9. The van der Waals surface area contributed by atoms with E-state index in [9.17, 15) is 9.90 Å². The number of aromatic nitrogens is 4. The Morgan fingerprint density at radius 2 is 1.49 bits per heavy atom.